The van der Waals surface area contributed by atoms with Gasteiger partial charge in [0.15, 0.2) is 0 Å². The van der Waals surface area contributed by atoms with Crippen LogP contribution in [0.1, 0.15) is 0 Å². The van der Waals surface area contributed by atoms with E-state index in [4.69, 9.17) is 20.9 Å². The zero-order chi connectivity index (χ0) is 20.1. The van der Waals surface area contributed by atoms with Crippen LogP contribution in [-0.2, 0) is 0 Å². The summed E-state index contributed by atoms with van der Waals surface area (Å²) in [6, 6.07) is 30.7. The average Bonchev–Trinajstić information content (AvgIpc) is 2.71. The first-order valence-electron chi connectivity index (χ1n) is 9.09. The minimum absolute atomic E-state index is 0.679. The fraction of sp³-hybridized carbons (Fsp3) is 0. The lowest BCUT2D eigenvalue weighted by atomic mass is 10.3. The third kappa shape index (κ3) is 5.24. The van der Waals surface area contributed by atoms with Crippen molar-refractivity contribution >= 4 is 23.1 Å². The van der Waals surface area contributed by atoms with Crippen LogP contribution in [0.5, 0.6) is 23.0 Å². The standard InChI is InChI=1S/C24H20N2O2S/c25-17-3-1-5-21(15-17)27-19-7-11-23(12-8-19)29-24-13-9-20(10-14-24)28-22-6-2-4-18(26)16-22/h1-16H,25-26H2. The minimum Gasteiger partial charge on any atom is -0.457 e. The third-order valence-corrected chi connectivity index (χ3v) is 5.09. The van der Waals surface area contributed by atoms with Gasteiger partial charge in [-0.25, -0.2) is 0 Å². The van der Waals surface area contributed by atoms with Crippen LogP contribution in [0.15, 0.2) is 107 Å². The summed E-state index contributed by atoms with van der Waals surface area (Å²) in [7, 11) is 0. The maximum Gasteiger partial charge on any atom is 0.129 e. The van der Waals surface area contributed by atoms with Crippen molar-refractivity contribution < 1.29 is 9.47 Å². The molecule has 0 atom stereocenters. The van der Waals surface area contributed by atoms with Crippen LogP contribution >= 0.6 is 11.8 Å². The Morgan fingerprint density at radius 3 is 1.28 bits per heavy atom. The van der Waals surface area contributed by atoms with Crippen LogP contribution in [0.3, 0.4) is 0 Å². The first-order valence-corrected chi connectivity index (χ1v) is 9.90. The molecule has 0 aliphatic heterocycles. The van der Waals surface area contributed by atoms with Crippen molar-refractivity contribution in [3.8, 4) is 23.0 Å². The highest BCUT2D eigenvalue weighted by molar-refractivity contribution is 7.99. The molecule has 0 saturated carbocycles. The average molecular weight is 401 g/mol. The van der Waals surface area contributed by atoms with Gasteiger partial charge in [-0.15, -0.1) is 0 Å². The molecule has 0 spiro atoms. The molecule has 0 unspecified atom stereocenters. The van der Waals surface area contributed by atoms with Crippen LogP contribution in [0.4, 0.5) is 11.4 Å². The van der Waals surface area contributed by atoms with E-state index in [1.54, 1.807) is 23.9 Å². The Bertz CT molecular complexity index is 1010. The number of anilines is 2. The van der Waals surface area contributed by atoms with Gasteiger partial charge in [-0.2, -0.15) is 0 Å². The predicted molar refractivity (Wildman–Crippen MR) is 119 cm³/mol. The molecule has 0 aliphatic rings. The van der Waals surface area contributed by atoms with Crippen molar-refractivity contribution in [1.82, 2.24) is 0 Å². The maximum absolute atomic E-state index is 5.83. The lowest BCUT2D eigenvalue weighted by molar-refractivity contribution is 0.482. The Morgan fingerprint density at radius 1 is 0.483 bits per heavy atom. The molecule has 0 radical (unpaired) electrons. The topological polar surface area (TPSA) is 70.5 Å². The molecule has 0 aromatic heterocycles. The number of rotatable bonds is 6. The zero-order valence-electron chi connectivity index (χ0n) is 15.6. The molecule has 4 N–H and O–H groups in total. The van der Waals surface area contributed by atoms with E-state index in [0.29, 0.717) is 11.4 Å². The Kier molecular flexibility index (Phi) is 5.59. The fourth-order valence-electron chi connectivity index (χ4n) is 2.72. The summed E-state index contributed by atoms with van der Waals surface area (Å²) < 4.78 is 11.7. The number of nitrogen functional groups attached to an aromatic ring is 2. The molecule has 29 heavy (non-hydrogen) atoms. The number of nitrogens with two attached hydrogens (primary N) is 2. The SMILES string of the molecule is Nc1cccc(Oc2ccc(Sc3ccc(Oc4cccc(N)c4)cc3)cc2)c1. The second kappa shape index (κ2) is 8.63. The summed E-state index contributed by atoms with van der Waals surface area (Å²) in [6.07, 6.45) is 0. The van der Waals surface area contributed by atoms with Gasteiger partial charge >= 0.3 is 0 Å². The van der Waals surface area contributed by atoms with Gasteiger partial charge in [-0.05, 0) is 72.8 Å². The molecule has 4 aromatic carbocycles. The quantitative estimate of drug-likeness (QED) is 0.357. The summed E-state index contributed by atoms with van der Waals surface area (Å²) in [5.41, 5.74) is 12.9. The van der Waals surface area contributed by atoms with Crippen molar-refractivity contribution in [3.63, 3.8) is 0 Å². The number of benzene rings is 4. The second-order valence-electron chi connectivity index (χ2n) is 6.39. The Hall–Kier alpha value is -3.57. The normalized spacial score (nSPS) is 10.5. The summed E-state index contributed by atoms with van der Waals surface area (Å²) in [5, 5.41) is 0. The molecule has 0 aliphatic carbocycles. The second-order valence-corrected chi connectivity index (χ2v) is 7.54. The predicted octanol–water partition coefficient (Wildman–Crippen LogP) is 6.59. The molecule has 5 heteroatoms. The van der Waals surface area contributed by atoms with Crippen molar-refractivity contribution in [3.05, 3.63) is 97.1 Å². The van der Waals surface area contributed by atoms with Crippen molar-refractivity contribution in [2.45, 2.75) is 9.79 Å². The van der Waals surface area contributed by atoms with Gasteiger partial charge in [0, 0.05) is 33.3 Å². The largest absolute Gasteiger partial charge is 0.457 e. The highest BCUT2D eigenvalue weighted by atomic mass is 32.2. The van der Waals surface area contributed by atoms with Gasteiger partial charge in [0.1, 0.15) is 23.0 Å². The summed E-state index contributed by atoms with van der Waals surface area (Å²) in [5.74, 6) is 2.99. The molecule has 144 valence electrons. The molecule has 4 rings (SSSR count). The van der Waals surface area contributed by atoms with Crippen molar-refractivity contribution in [2.24, 2.45) is 0 Å². The molecule has 0 fully saturated rings. The Morgan fingerprint density at radius 2 is 0.897 bits per heavy atom. The van der Waals surface area contributed by atoms with E-state index in [0.717, 1.165) is 32.8 Å². The molecule has 0 bridgehead atoms. The molecule has 4 nitrogen and oxygen atoms in total. The summed E-state index contributed by atoms with van der Waals surface area (Å²) in [4.78, 5) is 2.24. The lowest BCUT2D eigenvalue weighted by Crippen LogP contribution is -1.88. The highest BCUT2D eigenvalue weighted by Gasteiger charge is 2.03. The van der Waals surface area contributed by atoms with E-state index < -0.39 is 0 Å². The Labute approximate surface area is 174 Å². The monoisotopic (exact) mass is 400 g/mol. The third-order valence-electron chi connectivity index (χ3n) is 4.07. The number of hydrogen-bond acceptors (Lipinski definition) is 5. The van der Waals surface area contributed by atoms with Gasteiger partial charge in [-0.1, -0.05) is 23.9 Å². The first-order chi connectivity index (χ1) is 14.1. The highest BCUT2D eigenvalue weighted by Crippen LogP contribution is 2.32. The molecule has 4 aromatic rings. The maximum atomic E-state index is 5.83. The van der Waals surface area contributed by atoms with Crippen LogP contribution in [0.2, 0.25) is 0 Å². The minimum atomic E-state index is 0.679. The number of hydrogen-bond donors (Lipinski definition) is 2. The van der Waals surface area contributed by atoms with E-state index in [2.05, 4.69) is 0 Å². The van der Waals surface area contributed by atoms with Crippen LogP contribution in [0, 0.1) is 0 Å². The number of ether oxygens (including phenoxy) is 2. The van der Waals surface area contributed by atoms with Crippen molar-refractivity contribution in [1.29, 1.82) is 0 Å². The van der Waals surface area contributed by atoms with E-state index in [-0.39, 0.29) is 0 Å². The van der Waals surface area contributed by atoms with Gasteiger partial charge < -0.3 is 20.9 Å². The van der Waals surface area contributed by atoms with Crippen LogP contribution in [-0.4, -0.2) is 0 Å². The molecular formula is C24H20N2O2S. The van der Waals surface area contributed by atoms with Gasteiger partial charge in [0.2, 0.25) is 0 Å². The first kappa shape index (κ1) is 18.8. The summed E-state index contributed by atoms with van der Waals surface area (Å²) >= 11 is 1.67. The zero-order valence-corrected chi connectivity index (χ0v) is 16.4. The summed E-state index contributed by atoms with van der Waals surface area (Å²) in [6.45, 7) is 0. The molecule has 0 saturated heterocycles. The van der Waals surface area contributed by atoms with Gasteiger partial charge in [0.05, 0.1) is 0 Å². The van der Waals surface area contributed by atoms with E-state index in [1.807, 2.05) is 84.9 Å². The van der Waals surface area contributed by atoms with Gasteiger partial charge in [0.25, 0.3) is 0 Å². The smallest absolute Gasteiger partial charge is 0.129 e. The molecule has 0 amide bonds. The van der Waals surface area contributed by atoms with Gasteiger partial charge in [-0.3, -0.25) is 0 Å². The van der Waals surface area contributed by atoms with E-state index in [1.165, 1.54) is 0 Å². The van der Waals surface area contributed by atoms with E-state index >= 15 is 0 Å². The molecular weight excluding hydrogens is 380 g/mol. The Balaban J connectivity index is 1.37. The molecule has 0 heterocycles. The van der Waals surface area contributed by atoms with Crippen LogP contribution < -0.4 is 20.9 Å². The lowest BCUT2D eigenvalue weighted by Gasteiger charge is -2.09. The van der Waals surface area contributed by atoms with E-state index in [9.17, 15) is 0 Å². The fourth-order valence-corrected chi connectivity index (χ4v) is 3.53. The van der Waals surface area contributed by atoms with Crippen molar-refractivity contribution in [2.75, 3.05) is 11.5 Å². The van der Waals surface area contributed by atoms with Crippen LogP contribution in [0.25, 0.3) is 0 Å².